The van der Waals surface area contributed by atoms with E-state index in [1.165, 1.54) is 0 Å². The van der Waals surface area contributed by atoms with Crippen LogP contribution >= 0.6 is 15.9 Å². The van der Waals surface area contributed by atoms with E-state index in [4.69, 9.17) is 5.73 Å². The summed E-state index contributed by atoms with van der Waals surface area (Å²) in [6.45, 7) is 2.24. The predicted octanol–water partition coefficient (Wildman–Crippen LogP) is 2.91. The van der Waals surface area contributed by atoms with Crippen molar-refractivity contribution >= 4 is 21.8 Å². The number of alkyl halides is 3. The van der Waals surface area contributed by atoms with Crippen LogP contribution in [-0.4, -0.2) is 17.6 Å². The maximum atomic E-state index is 12.6. The second-order valence-corrected chi connectivity index (χ2v) is 5.27. The molecule has 0 heterocycles. The lowest BCUT2D eigenvalue weighted by molar-refractivity contribution is -0.187. The Balaban J connectivity index is 2.87. The average molecular weight is 339 g/mol. The molecule has 0 bridgehead atoms. The Morgan fingerprint density at radius 2 is 1.89 bits per heavy atom. The van der Waals surface area contributed by atoms with Crippen LogP contribution in [0, 0.1) is 0 Å². The highest BCUT2D eigenvalue weighted by atomic mass is 79.9. The molecule has 0 aliphatic carbocycles. The number of carbonyl (C=O) groups excluding carboxylic acids is 1. The maximum Gasteiger partial charge on any atom is 0.415 e. The third-order valence-electron chi connectivity index (χ3n) is 2.78. The molecule has 1 unspecified atom stereocenters. The molecular formula is C12H14BrF3N2O. The fourth-order valence-electron chi connectivity index (χ4n) is 1.38. The summed E-state index contributed by atoms with van der Waals surface area (Å²) in [7, 11) is 0. The first kappa shape index (κ1) is 16.0. The zero-order valence-corrected chi connectivity index (χ0v) is 12.0. The minimum Gasteiger partial charge on any atom is -0.348 e. The molecular weight excluding hydrogens is 325 g/mol. The molecule has 1 amide bonds. The highest BCUT2D eigenvalue weighted by Gasteiger charge is 2.54. The fraction of sp³-hybridized carbons (Fsp3) is 0.417. The molecule has 3 N–H and O–H groups in total. The predicted molar refractivity (Wildman–Crippen MR) is 69.3 cm³/mol. The summed E-state index contributed by atoms with van der Waals surface area (Å²) in [6.07, 6.45) is -4.80. The number of nitrogens with one attached hydrogen (secondary N) is 1. The minimum atomic E-state index is -4.80. The Hall–Kier alpha value is -1.08. The molecule has 7 heteroatoms. The number of hydrogen-bond acceptors (Lipinski definition) is 2. The molecule has 0 radical (unpaired) electrons. The first-order valence-electron chi connectivity index (χ1n) is 5.48. The molecule has 1 aromatic rings. The normalized spacial score (nSPS) is 16.6. The Morgan fingerprint density at radius 1 is 1.37 bits per heavy atom. The molecule has 0 aromatic heterocycles. The van der Waals surface area contributed by atoms with E-state index in [2.05, 4.69) is 21.2 Å². The summed E-state index contributed by atoms with van der Waals surface area (Å²) in [4.78, 5) is 11.6. The van der Waals surface area contributed by atoms with Gasteiger partial charge in [-0.3, -0.25) is 4.79 Å². The van der Waals surface area contributed by atoms with Gasteiger partial charge in [-0.05, 0) is 25.5 Å². The standard InChI is InChI=1S/C12H14BrF3N2O/c1-7(8-5-3-4-6-9(8)13)18-10(19)11(2,17)12(14,15)16/h3-7H,17H2,1-2H3,(H,18,19)/t7-,11?/m0/s1. The topological polar surface area (TPSA) is 55.1 Å². The molecule has 1 rings (SSSR count). The lowest BCUT2D eigenvalue weighted by atomic mass is 10.0. The van der Waals surface area contributed by atoms with Crippen LogP contribution in [-0.2, 0) is 4.79 Å². The first-order valence-corrected chi connectivity index (χ1v) is 6.27. The van der Waals surface area contributed by atoms with E-state index in [-0.39, 0.29) is 0 Å². The van der Waals surface area contributed by atoms with Crippen molar-refractivity contribution < 1.29 is 18.0 Å². The SMILES string of the molecule is C[C@H](NC(=O)C(C)(N)C(F)(F)F)c1ccccc1Br. The number of amides is 1. The zero-order chi connectivity index (χ0) is 14.8. The van der Waals surface area contributed by atoms with E-state index in [0.29, 0.717) is 17.0 Å². The van der Waals surface area contributed by atoms with Crippen molar-refractivity contribution in [1.29, 1.82) is 0 Å². The molecule has 0 saturated heterocycles. The van der Waals surface area contributed by atoms with Crippen molar-refractivity contribution in [3.63, 3.8) is 0 Å². The van der Waals surface area contributed by atoms with E-state index in [9.17, 15) is 18.0 Å². The first-order chi connectivity index (χ1) is 8.57. The smallest absolute Gasteiger partial charge is 0.348 e. The minimum absolute atomic E-state index is 0.590. The molecule has 0 aliphatic rings. The summed E-state index contributed by atoms with van der Waals surface area (Å²) in [5.41, 5.74) is 2.81. The lowest BCUT2D eigenvalue weighted by Gasteiger charge is -2.28. The number of nitrogens with two attached hydrogens (primary N) is 1. The fourth-order valence-corrected chi connectivity index (χ4v) is 2.01. The van der Waals surface area contributed by atoms with Crippen molar-refractivity contribution in [3.8, 4) is 0 Å². The van der Waals surface area contributed by atoms with Crippen LogP contribution in [0.15, 0.2) is 28.7 Å². The molecule has 0 fully saturated rings. The summed E-state index contributed by atoms with van der Waals surface area (Å²) in [5.74, 6) is -1.26. The number of carbonyl (C=O) groups is 1. The summed E-state index contributed by atoms with van der Waals surface area (Å²) < 4.78 is 38.6. The van der Waals surface area contributed by atoms with Crippen LogP contribution in [0.25, 0.3) is 0 Å². The third-order valence-corrected chi connectivity index (χ3v) is 3.50. The van der Waals surface area contributed by atoms with Gasteiger partial charge < -0.3 is 11.1 Å². The van der Waals surface area contributed by atoms with Gasteiger partial charge in [0.2, 0.25) is 5.91 Å². The van der Waals surface area contributed by atoms with Gasteiger partial charge in [-0.2, -0.15) is 13.2 Å². The van der Waals surface area contributed by atoms with Gasteiger partial charge in [-0.15, -0.1) is 0 Å². The second-order valence-electron chi connectivity index (χ2n) is 4.42. The van der Waals surface area contributed by atoms with Gasteiger partial charge in [0.05, 0.1) is 6.04 Å². The van der Waals surface area contributed by atoms with Crippen LogP contribution in [0.2, 0.25) is 0 Å². The summed E-state index contributed by atoms with van der Waals surface area (Å²) in [6, 6.07) is 6.35. The Kier molecular flexibility index (Phi) is 4.63. The van der Waals surface area contributed by atoms with Gasteiger partial charge in [0, 0.05) is 4.47 Å². The molecule has 0 spiro atoms. The van der Waals surface area contributed by atoms with Gasteiger partial charge in [0.15, 0.2) is 5.54 Å². The third kappa shape index (κ3) is 3.48. The van der Waals surface area contributed by atoms with Gasteiger partial charge in [-0.1, -0.05) is 34.1 Å². The van der Waals surface area contributed by atoms with E-state index in [1.54, 1.807) is 31.2 Å². The van der Waals surface area contributed by atoms with Crippen LogP contribution in [0.5, 0.6) is 0 Å². The highest BCUT2D eigenvalue weighted by Crippen LogP contribution is 2.29. The van der Waals surface area contributed by atoms with Crippen LogP contribution in [0.1, 0.15) is 25.5 Å². The average Bonchev–Trinajstić information content (AvgIpc) is 2.27. The Labute approximate surface area is 117 Å². The lowest BCUT2D eigenvalue weighted by Crippen LogP contribution is -2.61. The summed E-state index contributed by atoms with van der Waals surface area (Å²) >= 11 is 3.27. The van der Waals surface area contributed by atoms with E-state index in [1.807, 2.05) is 0 Å². The van der Waals surface area contributed by atoms with Crippen LogP contribution in [0.4, 0.5) is 13.2 Å². The van der Waals surface area contributed by atoms with E-state index in [0.717, 1.165) is 0 Å². The molecule has 3 nitrogen and oxygen atoms in total. The molecule has 19 heavy (non-hydrogen) atoms. The number of halogens is 4. The largest absolute Gasteiger partial charge is 0.415 e. The van der Waals surface area contributed by atoms with Crippen LogP contribution in [0.3, 0.4) is 0 Å². The van der Waals surface area contributed by atoms with E-state index < -0.39 is 23.7 Å². The maximum absolute atomic E-state index is 12.6. The second kappa shape index (κ2) is 5.50. The molecule has 0 saturated carbocycles. The molecule has 2 atom stereocenters. The van der Waals surface area contributed by atoms with Gasteiger partial charge in [-0.25, -0.2) is 0 Å². The summed E-state index contributed by atoms with van der Waals surface area (Å²) in [5, 5.41) is 2.27. The Bertz CT molecular complexity index is 474. The van der Waals surface area contributed by atoms with Crippen molar-refractivity contribution in [2.45, 2.75) is 31.6 Å². The van der Waals surface area contributed by atoms with Gasteiger partial charge in [0.25, 0.3) is 0 Å². The van der Waals surface area contributed by atoms with Crippen molar-refractivity contribution in [2.75, 3.05) is 0 Å². The van der Waals surface area contributed by atoms with Crippen LogP contribution < -0.4 is 11.1 Å². The van der Waals surface area contributed by atoms with Gasteiger partial charge in [0.1, 0.15) is 0 Å². The monoisotopic (exact) mass is 338 g/mol. The Morgan fingerprint density at radius 3 is 2.37 bits per heavy atom. The molecule has 106 valence electrons. The zero-order valence-electron chi connectivity index (χ0n) is 10.4. The quantitative estimate of drug-likeness (QED) is 0.890. The number of benzene rings is 1. The van der Waals surface area contributed by atoms with Crippen molar-refractivity contribution in [2.24, 2.45) is 5.73 Å². The number of hydrogen-bond donors (Lipinski definition) is 2. The number of rotatable bonds is 3. The molecule has 0 aliphatic heterocycles. The van der Waals surface area contributed by atoms with E-state index >= 15 is 0 Å². The van der Waals surface area contributed by atoms with Crippen molar-refractivity contribution in [3.05, 3.63) is 34.3 Å². The molecule has 1 aromatic carbocycles. The van der Waals surface area contributed by atoms with Gasteiger partial charge >= 0.3 is 6.18 Å². The highest BCUT2D eigenvalue weighted by molar-refractivity contribution is 9.10. The van der Waals surface area contributed by atoms with Crippen molar-refractivity contribution in [1.82, 2.24) is 5.32 Å².